The van der Waals surface area contributed by atoms with E-state index in [9.17, 15) is 14.3 Å². The number of carbonyl (C=O) groups is 1. The van der Waals surface area contributed by atoms with E-state index in [-0.39, 0.29) is 18.3 Å². The minimum Gasteiger partial charge on any atom is -0.391 e. The van der Waals surface area contributed by atoms with Crippen LogP contribution in [0.3, 0.4) is 0 Å². The number of benzene rings is 2. The molecule has 1 atom stereocenters. The summed E-state index contributed by atoms with van der Waals surface area (Å²) in [5.74, 6) is -0.639. The molecule has 20 heavy (non-hydrogen) atoms. The first-order valence-corrected chi connectivity index (χ1v) is 6.77. The van der Waals surface area contributed by atoms with Crippen molar-refractivity contribution < 1.29 is 14.3 Å². The van der Waals surface area contributed by atoms with Gasteiger partial charge in [0, 0.05) is 17.5 Å². The topological polar surface area (TPSA) is 49.3 Å². The van der Waals surface area contributed by atoms with Gasteiger partial charge in [-0.05, 0) is 23.9 Å². The number of hydrogen-bond donors (Lipinski definition) is 2. The summed E-state index contributed by atoms with van der Waals surface area (Å²) in [5.41, 5.74) is 0.422. The summed E-state index contributed by atoms with van der Waals surface area (Å²) >= 11 is 0. The van der Waals surface area contributed by atoms with Gasteiger partial charge in [0.15, 0.2) is 0 Å². The van der Waals surface area contributed by atoms with E-state index < -0.39 is 6.10 Å². The van der Waals surface area contributed by atoms with Crippen molar-refractivity contribution >= 4 is 16.7 Å². The van der Waals surface area contributed by atoms with E-state index in [1.807, 2.05) is 6.92 Å². The summed E-state index contributed by atoms with van der Waals surface area (Å²) in [6, 6.07) is 9.63. The Hall–Kier alpha value is -1.94. The highest BCUT2D eigenvalue weighted by atomic mass is 19.1. The van der Waals surface area contributed by atoms with Gasteiger partial charge >= 0.3 is 0 Å². The van der Waals surface area contributed by atoms with Crippen molar-refractivity contribution in [2.75, 3.05) is 6.54 Å². The van der Waals surface area contributed by atoms with Gasteiger partial charge in [0.25, 0.3) is 5.91 Å². The maximum atomic E-state index is 13.7. The van der Waals surface area contributed by atoms with Crippen molar-refractivity contribution in [2.24, 2.45) is 0 Å². The highest BCUT2D eigenvalue weighted by Crippen LogP contribution is 2.21. The Morgan fingerprint density at radius 1 is 1.25 bits per heavy atom. The first kappa shape index (κ1) is 14.5. The Labute approximate surface area is 117 Å². The zero-order valence-corrected chi connectivity index (χ0v) is 11.4. The van der Waals surface area contributed by atoms with Crippen LogP contribution in [-0.2, 0) is 0 Å². The molecule has 2 aromatic rings. The van der Waals surface area contributed by atoms with Gasteiger partial charge in [-0.25, -0.2) is 4.39 Å². The van der Waals surface area contributed by atoms with E-state index in [0.29, 0.717) is 22.8 Å². The molecule has 0 aliphatic rings. The normalized spacial score (nSPS) is 12.3. The standard InChI is InChI=1S/C16H18FNO2/c1-2-5-11(19)10-18-16(20)14-8-9-15(17)13-7-4-3-6-12(13)14/h3-4,6-9,11,19H,2,5,10H2,1H3,(H,18,20). The fourth-order valence-corrected chi connectivity index (χ4v) is 2.20. The lowest BCUT2D eigenvalue weighted by Gasteiger charge is -2.12. The van der Waals surface area contributed by atoms with Crippen LogP contribution in [0, 0.1) is 5.82 Å². The number of amides is 1. The zero-order valence-electron chi connectivity index (χ0n) is 11.4. The van der Waals surface area contributed by atoms with Crippen molar-refractivity contribution in [1.29, 1.82) is 0 Å². The summed E-state index contributed by atoms with van der Waals surface area (Å²) in [4.78, 5) is 12.1. The van der Waals surface area contributed by atoms with Crippen LogP contribution in [-0.4, -0.2) is 23.7 Å². The Bertz CT molecular complexity index is 612. The van der Waals surface area contributed by atoms with Crippen LogP contribution in [0.4, 0.5) is 4.39 Å². The van der Waals surface area contributed by atoms with E-state index in [1.165, 1.54) is 12.1 Å². The first-order valence-electron chi connectivity index (χ1n) is 6.77. The van der Waals surface area contributed by atoms with Crippen molar-refractivity contribution in [1.82, 2.24) is 5.32 Å². The predicted octanol–water partition coefficient (Wildman–Crippen LogP) is 2.87. The minimum atomic E-state index is -0.546. The molecule has 0 saturated heterocycles. The van der Waals surface area contributed by atoms with Gasteiger partial charge in [0.2, 0.25) is 0 Å². The van der Waals surface area contributed by atoms with Crippen LogP contribution in [0.25, 0.3) is 10.8 Å². The Kier molecular flexibility index (Phi) is 4.69. The number of halogens is 1. The smallest absolute Gasteiger partial charge is 0.252 e. The Morgan fingerprint density at radius 2 is 1.95 bits per heavy atom. The van der Waals surface area contributed by atoms with E-state index >= 15 is 0 Å². The highest BCUT2D eigenvalue weighted by molar-refractivity contribution is 6.07. The monoisotopic (exact) mass is 275 g/mol. The van der Waals surface area contributed by atoms with E-state index in [2.05, 4.69) is 5.32 Å². The van der Waals surface area contributed by atoms with E-state index in [4.69, 9.17) is 0 Å². The molecule has 0 saturated carbocycles. The molecular formula is C16H18FNO2. The number of hydrogen-bond acceptors (Lipinski definition) is 2. The summed E-state index contributed by atoms with van der Waals surface area (Å²) in [6.07, 6.45) is 0.955. The molecule has 0 aliphatic heterocycles. The van der Waals surface area contributed by atoms with Crippen LogP contribution in [0.1, 0.15) is 30.1 Å². The maximum absolute atomic E-state index is 13.7. The fourth-order valence-electron chi connectivity index (χ4n) is 2.20. The molecule has 0 aromatic heterocycles. The van der Waals surface area contributed by atoms with Gasteiger partial charge in [-0.2, -0.15) is 0 Å². The molecule has 0 aliphatic carbocycles. The van der Waals surface area contributed by atoms with Gasteiger partial charge in [-0.15, -0.1) is 0 Å². The number of fused-ring (bicyclic) bond motifs is 1. The Balaban J connectivity index is 2.20. The lowest BCUT2D eigenvalue weighted by atomic mass is 10.0. The number of rotatable bonds is 5. The summed E-state index contributed by atoms with van der Waals surface area (Å²) in [6.45, 7) is 2.18. The van der Waals surface area contributed by atoms with Crippen LogP contribution in [0.2, 0.25) is 0 Å². The molecule has 0 bridgehead atoms. The minimum absolute atomic E-state index is 0.207. The van der Waals surface area contributed by atoms with Gasteiger partial charge < -0.3 is 10.4 Å². The number of carbonyl (C=O) groups excluding carboxylic acids is 1. The molecule has 1 unspecified atom stereocenters. The number of aliphatic hydroxyl groups is 1. The van der Waals surface area contributed by atoms with Crippen molar-refractivity contribution in [2.45, 2.75) is 25.9 Å². The van der Waals surface area contributed by atoms with Crippen molar-refractivity contribution in [3.8, 4) is 0 Å². The summed E-state index contributed by atoms with van der Waals surface area (Å²) in [5, 5.41) is 13.3. The second-order valence-corrected chi connectivity index (χ2v) is 4.79. The largest absolute Gasteiger partial charge is 0.391 e. The molecule has 0 fully saturated rings. The first-order chi connectivity index (χ1) is 9.63. The Morgan fingerprint density at radius 3 is 2.65 bits per heavy atom. The van der Waals surface area contributed by atoms with Crippen LogP contribution in [0.5, 0.6) is 0 Å². The SMILES string of the molecule is CCCC(O)CNC(=O)c1ccc(F)c2ccccc12. The maximum Gasteiger partial charge on any atom is 0.252 e. The molecule has 0 heterocycles. The van der Waals surface area contributed by atoms with Crippen molar-refractivity contribution in [3.05, 3.63) is 47.8 Å². The molecule has 4 heteroatoms. The van der Waals surface area contributed by atoms with Gasteiger partial charge in [0.1, 0.15) is 5.82 Å². The third-order valence-electron chi connectivity index (χ3n) is 3.24. The van der Waals surface area contributed by atoms with E-state index in [0.717, 1.165) is 6.42 Å². The molecular weight excluding hydrogens is 257 g/mol. The van der Waals surface area contributed by atoms with Gasteiger partial charge in [-0.1, -0.05) is 37.6 Å². The summed E-state index contributed by atoms with van der Waals surface area (Å²) < 4.78 is 13.7. The average Bonchev–Trinajstić information content (AvgIpc) is 2.46. The molecule has 0 radical (unpaired) electrons. The molecule has 0 spiro atoms. The lowest BCUT2D eigenvalue weighted by Crippen LogP contribution is -2.32. The predicted molar refractivity (Wildman–Crippen MR) is 77.2 cm³/mol. The third kappa shape index (κ3) is 3.14. The third-order valence-corrected chi connectivity index (χ3v) is 3.24. The molecule has 2 N–H and O–H groups in total. The zero-order chi connectivity index (χ0) is 14.5. The molecule has 2 aromatic carbocycles. The highest BCUT2D eigenvalue weighted by Gasteiger charge is 2.13. The number of nitrogens with one attached hydrogen (secondary N) is 1. The lowest BCUT2D eigenvalue weighted by molar-refractivity contribution is 0.0911. The molecule has 106 valence electrons. The van der Waals surface area contributed by atoms with Crippen LogP contribution < -0.4 is 5.32 Å². The van der Waals surface area contributed by atoms with Crippen LogP contribution >= 0.6 is 0 Å². The average molecular weight is 275 g/mol. The van der Waals surface area contributed by atoms with Gasteiger partial charge in [0.05, 0.1) is 6.10 Å². The molecule has 3 nitrogen and oxygen atoms in total. The number of aliphatic hydroxyl groups excluding tert-OH is 1. The van der Waals surface area contributed by atoms with E-state index in [1.54, 1.807) is 24.3 Å². The van der Waals surface area contributed by atoms with Crippen LogP contribution in [0.15, 0.2) is 36.4 Å². The second-order valence-electron chi connectivity index (χ2n) is 4.79. The van der Waals surface area contributed by atoms with Gasteiger partial charge in [-0.3, -0.25) is 4.79 Å². The second kappa shape index (κ2) is 6.48. The fraction of sp³-hybridized carbons (Fsp3) is 0.312. The molecule has 2 rings (SSSR count). The van der Waals surface area contributed by atoms with Crippen molar-refractivity contribution in [3.63, 3.8) is 0 Å². The quantitative estimate of drug-likeness (QED) is 0.881. The molecule has 1 amide bonds. The summed E-state index contributed by atoms with van der Waals surface area (Å²) in [7, 11) is 0.